The average Bonchev–Trinajstić information content (AvgIpc) is 3.68. The second kappa shape index (κ2) is 10.9. The van der Waals surface area contributed by atoms with Crippen LogP contribution in [0, 0.1) is 22.7 Å². The van der Waals surface area contributed by atoms with Gasteiger partial charge in [-0.05, 0) is 65.2 Å². The molecule has 0 atom stereocenters. The molecule has 2 heterocycles. The van der Waals surface area contributed by atoms with Crippen LogP contribution in [0.4, 0.5) is 0 Å². The summed E-state index contributed by atoms with van der Waals surface area (Å²) in [7, 11) is 0. The van der Waals surface area contributed by atoms with Crippen LogP contribution in [-0.2, 0) is 0 Å². The van der Waals surface area contributed by atoms with E-state index in [2.05, 4.69) is 130 Å². The summed E-state index contributed by atoms with van der Waals surface area (Å²) in [4.78, 5) is 0. The Morgan fingerprint density at radius 1 is 0.375 bits per heavy atom. The van der Waals surface area contributed by atoms with Crippen molar-refractivity contribution in [2.45, 2.75) is 0 Å². The Morgan fingerprint density at radius 2 is 0.896 bits per heavy atom. The molecule has 0 N–H and O–H groups in total. The first-order valence-corrected chi connectivity index (χ1v) is 15.9. The van der Waals surface area contributed by atoms with Crippen LogP contribution in [0.1, 0.15) is 11.1 Å². The molecule has 0 bridgehead atoms. The van der Waals surface area contributed by atoms with Crippen LogP contribution in [0.5, 0.6) is 0 Å². The van der Waals surface area contributed by atoms with E-state index in [4.69, 9.17) is 0 Å². The first kappa shape index (κ1) is 27.4. The van der Waals surface area contributed by atoms with Crippen LogP contribution < -0.4 is 0 Å². The van der Waals surface area contributed by atoms with E-state index in [0.717, 1.165) is 77.2 Å². The van der Waals surface area contributed by atoms with Crippen LogP contribution >= 0.6 is 0 Å². The highest BCUT2D eigenvalue weighted by molar-refractivity contribution is 6.12. The van der Waals surface area contributed by atoms with Gasteiger partial charge in [-0.3, -0.25) is 0 Å². The Bertz CT molecular complexity index is 2750. The van der Waals surface area contributed by atoms with Gasteiger partial charge in [0.05, 0.1) is 50.6 Å². The number of nitrogens with zero attached hydrogens (tertiary/aromatic N) is 4. The molecular formula is C44H26N4. The van der Waals surface area contributed by atoms with E-state index >= 15 is 0 Å². The first-order chi connectivity index (χ1) is 23.7. The number of para-hydroxylation sites is 4. The van der Waals surface area contributed by atoms with Crippen molar-refractivity contribution in [1.29, 1.82) is 10.5 Å². The lowest BCUT2D eigenvalue weighted by atomic mass is 9.98. The highest BCUT2D eigenvalue weighted by Gasteiger charge is 2.18. The number of hydrogen-bond donors (Lipinski definition) is 0. The van der Waals surface area contributed by atoms with Gasteiger partial charge < -0.3 is 9.13 Å². The van der Waals surface area contributed by atoms with Gasteiger partial charge in [-0.25, -0.2) is 0 Å². The summed E-state index contributed by atoms with van der Waals surface area (Å²) in [6.45, 7) is 0. The predicted octanol–water partition coefficient (Wildman–Crippen LogP) is 11.0. The third-order valence-electron chi connectivity index (χ3n) is 9.43. The predicted molar refractivity (Wildman–Crippen MR) is 195 cm³/mol. The van der Waals surface area contributed by atoms with Crippen LogP contribution in [0.15, 0.2) is 158 Å². The Balaban J connectivity index is 1.18. The lowest BCUT2D eigenvalue weighted by Crippen LogP contribution is -1.98. The topological polar surface area (TPSA) is 57.4 Å². The number of benzene rings is 7. The quantitative estimate of drug-likeness (QED) is 0.199. The Labute approximate surface area is 277 Å². The Kier molecular flexibility index (Phi) is 6.22. The summed E-state index contributed by atoms with van der Waals surface area (Å²) in [6, 6.07) is 59.0. The van der Waals surface area contributed by atoms with Gasteiger partial charge in [-0.1, -0.05) is 109 Å². The molecule has 0 aliphatic heterocycles. The van der Waals surface area contributed by atoms with Gasteiger partial charge in [0.1, 0.15) is 6.07 Å². The Hall–Kier alpha value is -6.88. The van der Waals surface area contributed by atoms with Crippen molar-refractivity contribution in [1.82, 2.24) is 9.13 Å². The van der Waals surface area contributed by atoms with Crippen molar-refractivity contribution in [2.75, 3.05) is 0 Å². The molecule has 222 valence electrons. The summed E-state index contributed by atoms with van der Waals surface area (Å²) < 4.78 is 4.48. The lowest BCUT2D eigenvalue weighted by Gasteiger charge is -2.15. The monoisotopic (exact) mass is 610 g/mol. The maximum atomic E-state index is 10.2. The highest BCUT2D eigenvalue weighted by Crippen LogP contribution is 2.39. The van der Waals surface area contributed by atoms with Crippen molar-refractivity contribution in [2.24, 2.45) is 0 Å². The maximum absolute atomic E-state index is 10.2. The van der Waals surface area contributed by atoms with Crippen molar-refractivity contribution < 1.29 is 0 Å². The zero-order valence-electron chi connectivity index (χ0n) is 25.8. The average molecular weight is 611 g/mol. The van der Waals surface area contributed by atoms with E-state index in [-0.39, 0.29) is 0 Å². The molecule has 48 heavy (non-hydrogen) atoms. The Morgan fingerprint density at radius 3 is 1.58 bits per heavy atom. The molecule has 0 aliphatic carbocycles. The van der Waals surface area contributed by atoms with Gasteiger partial charge in [0.15, 0.2) is 0 Å². The second-order valence-electron chi connectivity index (χ2n) is 12.0. The van der Waals surface area contributed by atoms with Gasteiger partial charge in [-0.2, -0.15) is 10.5 Å². The molecule has 9 rings (SSSR count). The SMILES string of the molecule is N#Cc1ccc(-c2ccc(-c3ccccc3-n3c4ccccc4c4c(C#N)cccc43)cc2)cc1-n1c2ccccc2c2ccccc21. The molecule has 2 aromatic heterocycles. The molecule has 0 spiro atoms. The molecule has 0 amide bonds. The number of nitriles is 2. The zero-order valence-corrected chi connectivity index (χ0v) is 25.8. The smallest absolute Gasteiger partial charge is 0.101 e. The van der Waals surface area contributed by atoms with Crippen molar-refractivity contribution in [3.05, 3.63) is 169 Å². The molecule has 9 aromatic rings. The summed E-state index contributed by atoms with van der Waals surface area (Å²) in [5, 5.41) is 24.5. The number of fused-ring (bicyclic) bond motifs is 6. The minimum Gasteiger partial charge on any atom is -0.309 e. The molecule has 0 radical (unpaired) electrons. The lowest BCUT2D eigenvalue weighted by molar-refractivity contribution is 1.17. The largest absolute Gasteiger partial charge is 0.309 e. The van der Waals surface area contributed by atoms with Crippen molar-refractivity contribution in [3.8, 4) is 45.8 Å². The number of hydrogen-bond acceptors (Lipinski definition) is 2. The fourth-order valence-electron chi connectivity index (χ4n) is 7.30. The summed E-state index contributed by atoms with van der Waals surface area (Å²) in [5.74, 6) is 0. The summed E-state index contributed by atoms with van der Waals surface area (Å²) >= 11 is 0. The summed E-state index contributed by atoms with van der Waals surface area (Å²) in [6.07, 6.45) is 0. The minimum absolute atomic E-state index is 0.626. The van der Waals surface area contributed by atoms with Gasteiger partial charge in [0.25, 0.3) is 0 Å². The second-order valence-corrected chi connectivity index (χ2v) is 12.0. The highest BCUT2D eigenvalue weighted by atomic mass is 15.0. The van der Waals surface area contributed by atoms with Gasteiger partial charge >= 0.3 is 0 Å². The van der Waals surface area contributed by atoms with Gasteiger partial charge in [0.2, 0.25) is 0 Å². The molecule has 0 unspecified atom stereocenters. The molecule has 4 heteroatoms. The standard InChI is InChI=1S/C44H26N4/c45-27-32-25-24-31(26-43(32)48-39-16-6-2-12-35(39)36-13-3-7-17-40(36)48)29-20-22-30(23-21-29)34-11-1-5-15-38(34)47-41-18-8-4-14-37(41)44-33(28-46)10-9-19-42(44)47/h1-26H. The normalized spacial score (nSPS) is 11.3. The third-order valence-corrected chi connectivity index (χ3v) is 9.43. The minimum atomic E-state index is 0.626. The number of rotatable bonds is 4. The molecule has 0 fully saturated rings. The molecule has 0 aliphatic rings. The van der Waals surface area contributed by atoms with E-state index in [1.807, 2.05) is 48.5 Å². The molecule has 4 nitrogen and oxygen atoms in total. The first-order valence-electron chi connectivity index (χ1n) is 15.9. The van der Waals surface area contributed by atoms with E-state index < -0.39 is 0 Å². The fraction of sp³-hybridized carbons (Fsp3) is 0. The van der Waals surface area contributed by atoms with Crippen LogP contribution in [-0.4, -0.2) is 9.13 Å². The van der Waals surface area contributed by atoms with E-state index in [1.165, 1.54) is 0 Å². The maximum Gasteiger partial charge on any atom is 0.101 e. The van der Waals surface area contributed by atoms with Crippen LogP contribution in [0.2, 0.25) is 0 Å². The van der Waals surface area contributed by atoms with Crippen LogP contribution in [0.25, 0.3) is 77.2 Å². The molecular weight excluding hydrogens is 585 g/mol. The molecule has 7 aromatic carbocycles. The van der Waals surface area contributed by atoms with E-state index in [1.54, 1.807) is 0 Å². The van der Waals surface area contributed by atoms with Gasteiger partial charge in [0, 0.05) is 27.1 Å². The van der Waals surface area contributed by atoms with E-state index in [9.17, 15) is 10.5 Å². The van der Waals surface area contributed by atoms with E-state index in [0.29, 0.717) is 11.1 Å². The molecule has 0 saturated carbocycles. The summed E-state index contributed by atoms with van der Waals surface area (Å²) in [5.41, 5.74) is 11.7. The van der Waals surface area contributed by atoms with Crippen molar-refractivity contribution >= 4 is 43.6 Å². The van der Waals surface area contributed by atoms with Crippen molar-refractivity contribution in [3.63, 3.8) is 0 Å². The number of aromatic nitrogens is 2. The molecule has 0 saturated heterocycles. The van der Waals surface area contributed by atoms with Crippen LogP contribution in [0.3, 0.4) is 0 Å². The zero-order chi connectivity index (χ0) is 32.2. The third kappa shape index (κ3) is 4.07. The fourth-order valence-corrected chi connectivity index (χ4v) is 7.30. The van der Waals surface area contributed by atoms with Gasteiger partial charge in [-0.15, -0.1) is 0 Å².